The predicted molar refractivity (Wildman–Crippen MR) is 105 cm³/mol. The number of amides is 2. The molecule has 0 heterocycles. The Morgan fingerprint density at radius 3 is 2.54 bits per heavy atom. The van der Waals surface area contributed by atoms with Crippen LogP contribution in [0.15, 0.2) is 53.0 Å². The molecule has 0 unspecified atom stereocenters. The lowest BCUT2D eigenvalue weighted by Crippen LogP contribution is -2.48. The molecule has 2 amide bonds. The second-order valence-corrected chi connectivity index (χ2v) is 7.04. The Bertz CT molecular complexity index is 768. The fourth-order valence-corrected chi connectivity index (χ4v) is 2.81. The van der Waals surface area contributed by atoms with Gasteiger partial charge in [-0.3, -0.25) is 9.59 Å². The molecule has 0 radical (unpaired) electrons. The second kappa shape index (κ2) is 9.59. The zero-order valence-electron chi connectivity index (χ0n) is 14.5. The Hall–Kier alpha value is -2.05. The average molecular weight is 440 g/mol. The predicted octanol–water partition coefficient (Wildman–Crippen LogP) is 3.64. The number of carbonyl (C=O) groups is 2. The zero-order valence-corrected chi connectivity index (χ0v) is 16.9. The molecular weight excluding hydrogens is 420 g/mol. The monoisotopic (exact) mass is 438 g/mol. The molecule has 138 valence electrons. The standard InChI is InChI=1S/C19H20BrClN2O3/c1-13(19(25)22-2)23(11-14-6-8-15(20)9-7-14)18(24)12-26-17-5-3-4-16(21)10-17/h3-10,13H,11-12H2,1-2H3,(H,22,25)/t13-/m0/s1. The van der Waals surface area contributed by atoms with Crippen molar-refractivity contribution in [3.05, 3.63) is 63.6 Å². The van der Waals surface area contributed by atoms with Crippen LogP contribution >= 0.6 is 27.5 Å². The van der Waals surface area contributed by atoms with E-state index in [0.29, 0.717) is 17.3 Å². The first-order chi connectivity index (χ1) is 12.4. The number of hydrogen-bond donors (Lipinski definition) is 1. The smallest absolute Gasteiger partial charge is 0.261 e. The van der Waals surface area contributed by atoms with Crippen molar-refractivity contribution in [1.29, 1.82) is 0 Å². The molecule has 0 fully saturated rings. The molecule has 0 spiro atoms. The molecule has 5 nitrogen and oxygen atoms in total. The summed E-state index contributed by atoms with van der Waals surface area (Å²) in [7, 11) is 1.55. The summed E-state index contributed by atoms with van der Waals surface area (Å²) in [4.78, 5) is 26.3. The number of rotatable bonds is 7. The Kier molecular flexibility index (Phi) is 7.48. The van der Waals surface area contributed by atoms with E-state index in [2.05, 4.69) is 21.2 Å². The van der Waals surface area contributed by atoms with Crippen LogP contribution in [-0.4, -0.2) is 36.4 Å². The summed E-state index contributed by atoms with van der Waals surface area (Å²) in [5, 5.41) is 3.11. The fourth-order valence-electron chi connectivity index (χ4n) is 2.36. The molecule has 0 aromatic heterocycles. The first kappa shape index (κ1) is 20.3. The summed E-state index contributed by atoms with van der Waals surface area (Å²) >= 11 is 9.31. The van der Waals surface area contributed by atoms with Crippen LogP contribution in [0.2, 0.25) is 5.02 Å². The minimum Gasteiger partial charge on any atom is -0.484 e. The number of likely N-dealkylation sites (N-methyl/N-ethyl adjacent to an activating group) is 1. The quantitative estimate of drug-likeness (QED) is 0.716. The fraction of sp³-hybridized carbons (Fsp3) is 0.263. The Morgan fingerprint density at radius 2 is 1.92 bits per heavy atom. The Balaban J connectivity index is 2.12. The van der Waals surface area contributed by atoms with Crippen LogP contribution in [0, 0.1) is 0 Å². The van der Waals surface area contributed by atoms with Gasteiger partial charge in [-0.25, -0.2) is 0 Å². The van der Waals surface area contributed by atoms with Crippen LogP contribution < -0.4 is 10.1 Å². The molecule has 1 N–H and O–H groups in total. The van der Waals surface area contributed by atoms with Gasteiger partial charge in [-0.2, -0.15) is 0 Å². The van der Waals surface area contributed by atoms with Crippen LogP contribution in [0.3, 0.4) is 0 Å². The van der Waals surface area contributed by atoms with Crippen LogP contribution in [0.5, 0.6) is 5.75 Å². The van der Waals surface area contributed by atoms with E-state index in [0.717, 1.165) is 10.0 Å². The summed E-state index contributed by atoms with van der Waals surface area (Å²) in [6.45, 7) is 1.81. The van der Waals surface area contributed by atoms with E-state index >= 15 is 0 Å². The summed E-state index contributed by atoms with van der Waals surface area (Å²) in [5.41, 5.74) is 0.917. The van der Waals surface area contributed by atoms with Gasteiger partial charge in [0.1, 0.15) is 11.8 Å². The highest BCUT2D eigenvalue weighted by molar-refractivity contribution is 9.10. The SMILES string of the molecule is CNC(=O)[C@H](C)N(Cc1ccc(Br)cc1)C(=O)COc1cccc(Cl)c1. The second-order valence-electron chi connectivity index (χ2n) is 5.68. The number of ether oxygens (including phenoxy) is 1. The molecule has 0 aliphatic rings. The van der Waals surface area contributed by atoms with Crippen molar-refractivity contribution in [2.24, 2.45) is 0 Å². The maximum atomic E-state index is 12.7. The topological polar surface area (TPSA) is 58.6 Å². The first-order valence-electron chi connectivity index (χ1n) is 8.04. The largest absolute Gasteiger partial charge is 0.484 e. The van der Waals surface area contributed by atoms with Crippen molar-refractivity contribution >= 4 is 39.3 Å². The van der Waals surface area contributed by atoms with Crippen LogP contribution in [0.1, 0.15) is 12.5 Å². The Morgan fingerprint density at radius 1 is 1.23 bits per heavy atom. The molecular formula is C19H20BrClN2O3. The highest BCUT2D eigenvalue weighted by Crippen LogP contribution is 2.18. The lowest BCUT2D eigenvalue weighted by Gasteiger charge is -2.28. The molecule has 2 rings (SSSR count). The van der Waals surface area contributed by atoms with Crippen molar-refractivity contribution in [3.8, 4) is 5.75 Å². The van der Waals surface area contributed by atoms with Gasteiger partial charge in [0.25, 0.3) is 5.91 Å². The van der Waals surface area contributed by atoms with Crippen molar-refractivity contribution in [2.45, 2.75) is 19.5 Å². The van der Waals surface area contributed by atoms with Crippen molar-refractivity contribution in [1.82, 2.24) is 10.2 Å². The number of carbonyl (C=O) groups excluding carboxylic acids is 2. The van der Waals surface area contributed by atoms with Gasteiger partial charge in [0.15, 0.2) is 6.61 Å². The lowest BCUT2D eigenvalue weighted by molar-refractivity contribution is -0.142. The highest BCUT2D eigenvalue weighted by Gasteiger charge is 2.25. The van der Waals surface area contributed by atoms with Gasteiger partial charge < -0.3 is 15.0 Å². The third-order valence-corrected chi connectivity index (χ3v) is 4.60. The van der Waals surface area contributed by atoms with Crippen molar-refractivity contribution in [3.63, 3.8) is 0 Å². The van der Waals surface area contributed by atoms with E-state index in [-0.39, 0.29) is 18.4 Å². The molecule has 2 aromatic rings. The van der Waals surface area contributed by atoms with Gasteiger partial charge in [0, 0.05) is 23.1 Å². The van der Waals surface area contributed by atoms with Gasteiger partial charge >= 0.3 is 0 Å². The van der Waals surface area contributed by atoms with E-state index in [9.17, 15) is 9.59 Å². The van der Waals surface area contributed by atoms with Crippen molar-refractivity contribution in [2.75, 3.05) is 13.7 Å². The van der Waals surface area contributed by atoms with Crippen LogP contribution in [-0.2, 0) is 16.1 Å². The van der Waals surface area contributed by atoms with E-state index in [4.69, 9.17) is 16.3 Å². The molecule has 26 heavy (non-hydrogen) atoms. The minimum atomic E-state index is -0.626. The lowest BCUT2D eigenvalue weighted by atomic mass is 10.1. The third-order valence-electron chi connectivity index (χ3n) is 3.84. The number of benzene rings is 2. The Labute approximate surface area is 166 Å². The molecule has 0 bridgehead atoms. The third kappa shape index (κ3) is 5.75. The molecule has 0 aliphatic heterocycles. The summed E-state index contributed by atoms with van der Waals surface area (Å²) in [6, 6.07) is 13.8. The van der Waals surface area contributed by atoms with Crippen molar-refractivity contribution < 1.29 is 14.3 Å². The van der Waals surface area contributed by atoms with E-state index in [1.54, 1.807) is 38.2 Å². The maximum Gasteiger partial charge on any atom is 0.261 e. The van der Waals surface area contributed by atoms with Gasteiger partial charge in [-0.1, -0.05) is 45.7 Å². The molecule has 0 saturated heterocycles. The van der Waals surface area contributed by atoms with Gasteiger partial charge in [0.05, 0.1) is 0 Å². The van der Waals surface area contributed by atoms with E-state index in [1.165, 1.54) is 4.90 Å². The summed E-state index contributed by atoms with van der Waals surface area (Å²) < 4.78 is 6.48. The van der Waals surface area contributed by atoms with E-state index in [1.807, 2.05) is 24.3 Å². The van der Waals surface area contributed by atoms with Gasteiger partial charge in [0.2, 0.25) is 5.91 Å². The first-order valence-corrected chi connectivity index (χ1v) is 9.21. The molecule has 7 heteroatoms. The number of hydrogen-bond acceptors (Lipinski definition) is 3. The normalized spacial score (nSPS) is 11.5. The zero-order chi connectivity index (χ0) is 19.1. The minimum absolute atomic E-state index is 0.182. The maximum absolute atomic E-state index is 12.7. The number of nitrogens with one attached hydrogen (secondary N) is 1. The van der Waals surface area contributed by atoms with Crippen LogP contribution in [0.25, 0.3) is 0 Å². The van der Waals surface area contributed by atoms with Gasteiger partial charge in [-0.05, 0) is 42.8 Å². The summed E-state index contributed by atoms with van der Waals surface area (Å²) in [6.07, 6.45) is 0. The number of nitrogens with zero attached hydrogens (tertiary/aromatic N) is 1. The molecule has 0 aliphatic carbocycles. The summed E-state index contributed by atoms with van der Waals surface area (Å²) in [5.74, 6) is -0.0238. The van der Waals surface area contributed by atoms with Crippen LogP contribution in [0.4, 0.5) is 0 Å². The average Bonchev–Trinajstić information content (AvgIpc) is 2.64. The molecule has 0 saturated carbocycles. The molecule has 2 aromatic carbocycles. The van der Waals surface area contributed by atoms with Gasteiger partial charge in [-0.15, -0.1) is 0 Å². The van der Waals surface area contributed by atoms with E-state index < -0.39 is 6.04 Å². The molecule has 1 atom stereocenters. The number of halogens is 2. The highest BCUT2D eigenvalue weighted by atomic mass is 79.9.